The molecule has 0 fully saturated rings. The quantitative estimate of drug-likeness (QED) is 0.844. The van der Waals surface area contributed by atoms with E-state index in [9.17, 15) is 0 Å². The van der Waals surface area contributed by atoms with Crippen LogP contribution in [0.2, 0.25) is 0 Å². The largest absolute Gasteiger partial charge is 0.465 e. The zero-order chi connectivity index (χ0) is 13.9. The molecule has 3 nitrogen and oxygen atoms in total. The Kier molecular flexibility index (Phi) is 5.42. The standard InChI is InChI=1S/C15H28N2O/c1-7-13(16)15(14-9-8-11(4)18-14)17(6)12(5)10(2)3/h8-10,12-13,15H,7,16H2,1-6H3. The maximum Gasteiger partial charge on any atom is 0.122 e. The van der Waals surface area contributed by atoms with Gasteiger partial charge in [-0.1, -0.05) is 20.8 Å². The fraction of sp³-hybridized carbons (Fsp3) is 0.733. The van der Waals surface area contributed by atoms with Crippen LogP contribution in [0.15, 0.2) is 16.5 Å². The van der Waals surface area contributed by atoms with Crippen LogP contribution >= 0.6 is 0 Å². The van der Waals surface area contributed by atoms with Crippen molar-refractivity contribution in [2.75, 3.05) is 7.05 Å². The number of likely N-dealkylation sites (N-methyl/N-ethyl adjacent to an activating group) is 1. The first-order chi connectivity index (χ1) is 8.38. The highest BCUT2D eigenvalue weighted by Gasteiger charge is 2.29. The predicted molar refractivity (Wildman–Crippen MR) is 76.5 cm³/mol. The molecule has 1 aromatic rings. The van der Waals surface area contributed by atoms with Crippen LogP contribution in [0.3, 0.4) is 0 Å². The summed E-state index contributed by atoms with van der Waals surface area (Å²) in [7, 11) is 2.14. The number of hydrogen-bond donors (Lipinski definition) is 1. The zero-order valence-electron chi connectivity index (χ0n) is 12.6. The van der Waals surface area contributed by atoms with Gasteiger partial charge in [0.05, 0.1) is 6.04 Å². The van der Waals surface area contributed by atoms with Gasteiger partial charge < -0.3 is 10.2 Å². The van der Waals surface area contributed by atoms with E-state index in [0.717, 1.165) is 17.9 Å². The molecule has 0 aliphatic heterocycles. The third-order valence-corrected chi connectivity index (χ3v) is 3.98. The number of aryl methyl sites for hydroxylation is 1. The van der Waals surface area contributed by atoms with Gasteiger partial charge >= 0.3 is 0 Å². The minimum atomic E-state index is 0.0988. The predicted octanol–water partition coefficient (Wildman–Crippen LogP) is 3.34. The highest BCUT2D eigenvalue weighted by molar-refractivity contribution is 5.12. The first-order valence-electron chi connectivity index (χ1n) is 6.92. The van der Waals surface area contributed by atoms with Crippen molar-refractivity contribution in [3.8, 4) is 0 Å². The van der Waals surface area contributed by atoms with Crippen molar-refractivity contribution in [3.05, 3.63) is 23.7 Å². The summed E-state index contributed by atoms with van der Waals surface area (Å²) >= 11 is 0. The Balaban J connectivity index is 2.98. The van der Waals surface area contributed by atoms with Crippen LogP contribution in [0.4, 0.5) is 0 Å². The van der Waals surface area contributed by atoms with E-state index in [1.807, 2.05) is 13.0 Å². The average molecular weight is 252 g/mol. The first-order valence-corrected chi connectivity index (χ1v) is 6.92. The van der Waals surface area contributed by atoms with E-state index >= 15 is 0 Å². The molecular formula is C15H28N2O. The lowest BCUT2D eigenvalue weighted by atomic mass is 9.97. The molecule has 3 heteroatoms. The topological polar surface area (TPSA) is 42.4 Å². The Bertz CT molecular complexity index is 359. The molecule has 3 unspecified atom stereocenters. The maximum atomic E-state index is 6.30. The smallest absolute Gasteiger partial charge is 0.122 e. The molecule has 0 saturated carbocycles. The van der Waals surface area contributed by atoms with Gasteiger partial charge in [-0.15, -0.1) is 0 Å². The van der Waals surface area contributed by atoms with Crippen molar-refractivity contribution in [1.82, 2.24) is 4.90 Å². The molecule has 0 aromatic carbocycles. The van der Waals surface area contributed by atoms with Crippen LogP contribution < -0.4 is 5.73 Å². The molecular weight excluding hydrogens is 224 g/mol. The van der Waals surface area contributed by atoms with Crippen LogP contribution in [0.1, 0.15) is 51.7 Å². The lowest BCUT2D eigenvalue weighted by molar-refractivity contribution is 0.111. The Hall–Kier alpha value is -0.800. The van der Waals surface area contributed by atoms with E-state index in [1.165, 1.54) is 0 Å². The van der Waals surface area contributed by atoms with Crippen molar-refractivity contribution in [2.45, 2.75) is 59.2 Å². The van der Waals surface area contributed by atoms with E-state index in [4.69, 9.17) is 10.2 Å². The summed E-state index contributed by atoms with van der Waals surface area (Å²) in [5.41, 5.74) is 6.30. The lowest BCUT2D eigenvalue weighted by Gasteiger charge is -2.37. The Morgan fingerprint density at radius 1 is 1.28 bits per heavy atom. The molecule has 104 valence electrons. The number of nitrogens with zero attached hydrogens (tertiary/aromatic N) is 1. The molecule has 0 spiro atoms. The summed E-state index contributed by atoms with van der Waals surface area (Å²) in [6.45, 7) is 10.8. The van der Waals surface area contributed by atoms with Crippen LogP contribution in [-0.2, 0) is 0 Å². The summed E-state index contributed by atoms with van der Waals surface area (Å²) in [5.74, 6) is 2.53. The summed E-state index contributed by atoms with van der Waals surface area (Å²) < 4.78 is 5.80. The lowest BCUT2D eigenvalue weighted by Crippen LogP contribution is -2.44. The van der Waals surface area contributed by atoms with Gasteiger partial charge in [0.1, 0.15) is 11.5 Å². The molecule has 18 heavy (non-hydrogen) atoms. The van der Waals surface area contributed by atoms with Crippen molar-refractivity contribution >= 4 is 0 Å². The first kappa shape index (κ1) is 15.3. The Morgan fingerprint density at radius 3 is 2.28 bits per heavy atom. The normalized spacial score (nSPS) is 17.2. The molecule has 1 aromatic heterocycles. The fourth-order valence-electron chi connectivity index (χ4n) is 2.27. The molecule has 0 saturated heterocycles. The van der Waals surface area contributed by atoms with Gasteiger partial charge in [0.25, 0.3) is 0 Å². The third kappa shape index (κ3) is 3.36. The summed E-state index contributed by atoms with van der Waals surface area (Å²) in [5, 5.41) is 0. The van der Waals surface area contributed by atoms with Crippen LogP contribution in [0, 0.1) is 12.8 Å². The van der Waals surface area contributed by atoms with E-state index in [-0.39, 0.29) is 12.1 Å². The number of hydrogen-bond acceptors (Lipinski definition) is 3. The SMILES string of the molecule is CCC(N)C(c1ccc(C)o1)N(C)C(C)C(C)C. The molecule has 3 atom stereocenters. The van der Waals surface area contributed by atoms with Gasteiger partial charge in [0.15, 0.2) is 0 Å². The van der Waals surface area contributed by atoms with Crippen molar-refractivity contribution in [1.29, 1.82) is 0 Å². The minimum Gasteiger partial charge on any atom is -0.465 e. The second-order valence-electron chi connectivity index (χ2n) is 5.62. The van der Waals surface area contributed by atoms with Gasteiger partial charge in [0.2, 0.25) is 0 Å². The maximum absolute atomic E-state index is 6.30. The Morgan fingerprint density at radius 2 is 1.89 bits per heavy atom. The molecule has 0 aliphatic carbocycles. The van der Waals surface area contributed by atoms with Gasteiger partial charge in [-0.2, -0.15) is 0 Å². The van der Waals surface area contributed by atoms with Crippen LogP contribution in [0.25, 0.3) is 0 Å². The van der Waals surface area contributed by atoms with Crippen LogP contribution in [0.5, 0.6) is 0 Å². The van der Waals surface area contributed by atoms with Crippen molar-refractivity contribution in [2.24, 2.45) is 11.7 Å². The van der Waals surface area contributed by atoms with Gasteiger partial charge in [0, 0.05) is 12.1 Å². The van der Waals surface area contributed by atoms with Crippen molar-refractivity contribution < 1.29 is 4.42 Å². The molecule has 1 rings (SSSR count). The molecule has 0 aliphatic rings. The zero-order valence-corrected chi connectivity index (χ0v) is 12.6. The monoisotopic (exact) mass is 252 g/mol. The second-order valence-corrected chi connectivity index (χ2v) is 5.62. The van der Waals surface area contributed by atoms with Crippen molar-refractivity contribution in [3.63, 3.8) is 0 Å². The third-order valence-electron chi connectivity index (χ3n) is 3.98. The van der Waals surface area contributed by atoms with E-state index < -0.39 is 0 Å². The van der Waals surface area contributed by atoms with E-state index in [0.29, 0.717) is 12.0 Å². The molecule has 0 radical (unpaired) electrons. The number of rotatable bonds is 6. The molecule has 2 N–H and O–H groups in total. The fourth-order valence-corrected chi connectivity index (χ4v) is 2.27. The molecule has 0 amide bonds. The summed E-state index contributed by atoms with van der Waals surface area (Å²) in [6, 6.07) is 4.79. The van der Waals surface area contributed by atoms with E-state index in [2.05, 4.69) is 45.7 Å². The van der Waals surface area contributed by atoms with Gasteiger partial charge in [-0.25, -0.2) is 0 Å². The highest BCUT2D eigenvalue weighted by atomic mass is 16.3. The molecule has 0 bridgehead atoms. The number of furan rings is 1. The van der Waals surface area contributed by atoms with Crippen LogP contribution in [-0.4, -0.2) is 24.0 Å². The summed E-state index contributed by atoms with van der Waals surface area (Å²) in [4.78, 5) is 2.34. The molecule has 1 heterocycles. The second kappa shape index (κ2) is 6.39. The minimum absolute atomic E-state index is 0.0988. The van der Waals surface area contributed by atoms with Gasteiger partial charge in [-0.05, 0) is 45.4 Å². The summed E-state index contributed by atoms with van der Waals surface area (Å²) in [6.07, 6.45) is 0.944. The van der Waals surface area contributed by atoms with E-state index in [1.54, 1.807) is 0 Å². The Labute approximate surface area is 111 Å². The number of nitrogens with two attached hydrogens (primary N) is 1. The highest BCUT2D eigenvalue weighted by Crippen LogP contribution is 2.28. The average Bonchev–Trinajstić information content (AvgIpc) is 2.74. The van der Waals surface area contributed by atoms with Gasteiger partial charge in [-0.3, -0.25) is 4.90 Å².